The molecule has 1 N–H and O–H groups in total. The van der Waals surface area contributed by atoms with Crippen LogP contribution in [0.1, 0.15) is 70.4 Å². The highest BCUT2D eigenvalue weighted by Gasteiger charge is 2.09. The van der Waals surface area contributed by atoms with Crippen LogP contribution in [0.4, 0.5) is 0 Å². The monoisotopic (exact) mass is 247 g/mol. The number of rotatable bonds is 10. The Kier molecular flexibility index (Phi) is 8.58. The van der Waals surface area contributed by atoms with E-state index in [0.29, 0.717) is 6.04 Å². The van der Waals surface area contributed by atoms with Crippen LogP contribution in [0.25, 0.3) is 0 Å². The van der Waals surface area contributed by atoms with Crippen LogP contribution in [-0.4, -0.2) is 6.54 Å². The molecule has 1 aromatic rings. The van der Waals surface area contributed by atoms with Crippen molar-refractivity contribution >= 4 is 0 Å². The molecule has 0 saturated heterocycles. The van der Waals surface area contributed by atoms with Crippen LogP contribution in [-0.2, 0) is 0 Å². The van der Waals surface area contributed by atoms with E-state index in [4.69, 9.17) is 0 Å². The van der Waals surface area contributed by atoms with E-state index in [1.807, 2.05) is 0 Å². The third-order valence-electron chi connectivity index (χ3n) is 3.47. The fourth-order valence-electron chi connectivity index (χ4n) is 2.30. The molecule has 0 amide bonds. The maximum Gasteiger partial charge on any atom is 0.0320 e. The summed E-state index contributed by atoms with van der Waals surface area (Å²) in [6.07, 6.45) is 9.22. The maximum absolute atomic E-state index is 3.71. The van der Waals surface area contributed by atoms with Crippen molar-refractivity contribution in [1.29, 1.82) is 0 Å². The second-order valence-electron chi connectivity index (χ2n) is 5.12. The SMILES string of the molecule is CCCCCCC(NCCCC)c1ccccc1. The van der Waals surface area contributed by atoms with Gasteiger partial charge in [0.25, 0.3) is 0 Å². The van der Waals surface area contributed by atoms with Gasteiger partial charge in [-0.3, -0.25) is 0 Å². The predicted octanol–water partition coefficient (Wildman–Crippen LogP) is 5.09. The van der Waals surface area contributed by atoms with Crippen LogP contribution in [0, 0.1) is 0 Å². The Morgan fingerprint density at radius 2 is 1.61 bits per heavy atom. The van der Waals surface area contributed by atoms with Crippen LogP contribution >= 0.6 is 0 Å². The summed E-state index contributed by atoms with van der Waals surface area (Å²) in [6, 6.07) is 11.5. The lowest BCUT2D eigenvalue weighted by Gasteiger charge is -2.19. The topological polar surface area (TPSA) is 12.0 Å². The first kappa shape index (κ1) is 15.2. The van der Waals surface area contributed by atoms with Crippen LogP contribution in [0.5, 0.6) is 0 Å². The van der Waals surface area contributed by atoms with E-state index in [0.717, 1.165) is 6.54 Å². The molecule has 1 rings (SSSR count). The van der Waals surface area contributed by atoms with Crippen molar-refractivity contribution in [3.8, 4) is 0 Å². The zero-order chi connectivity index (χ0) is 13.1. The fourth-order valence-corrected chi connectivity index (χ4v) is 2.30. The average Bonchev–Trinajstić information content (AvgIpc) is 2.42. The highest BCUT2D eigenvalue weighted by molar-refractivity contribution is 5.18. The minimum atomic E-state index is 0.551. The normalized spacial score (nSPS) is 12.6. The lowest BCUT2D eigenvalue weighted by Crippen LogP contribution is -2.22. The molecule has 0 fully saturated rings. The third-order valence-corrected chi connectivity index (χ3v) is 3.47. The van der Waals surface area contributed by atoms with Crippen molar-refractivity contribution in [1.82, 2.24) is 5.32 Å². The molecule has 1 nitrogen and oxygen atoms in total. The largest absolute Gasteiger partial charge is 0.310 e. The average molecular weight is 247 g/mol. The summed E-state index contributed by atoms with van der Waals surface area (Å²) in [5.41, 5.74) is 1.45. The molecule has 0 heterocycles. The maximum atomic E-state index is 3.71. The van der Waals surface area contributed by atoms with Crippen LogP contribution in [0.2, 0.25) is 0 Å². The summed E-state index contributed by atoms with van der Waals surface area (Å²) in [7, 11) is 0. The van der Waals surface area contributed by atoms with Crippen LogP contribution < -0.4 is 5.32 Å². The number of nitrogens with one attached hydrogen (secondary N) is 1. The molecule has 0 aliphatic rings. The van der Waals surface area contributed by atoms with Gasteiger partial charge in [0.15, 0.2) is 0 Å². The molecule has 18 heavy (non-hydrogen) atoms. The first-order valence-corrected chi connectivity index (χ1v) is 7.66. The number of hydrogen-bond donors (Lipinski definition) is 1. The van der Waals surface area contributed by atoms with Gasteiger partial charge in [-0.1, -0.05) is 76.3 Å². The number of benzene rings is 1. The highest BCUT2D eigenvalue weighted by Crippen LogP contribution is 2.20. The second kappa shape index (κ2) is 10.1. The Bertz CT molecular complexity index is 281. The molecule has 0 spiro atoms. The third kappa shape index (κ3) is 6.20. The summed E-state index contributed by atoms with van der Waals surface area (Å²) in [6.45, 7) is 5.67. The molecular formula is C17H29N. The standard InChI is InChI=1S/C17H29N/c1-3-5-7-11-14-17(18-15-6-4-2)16-12-9-8-10-13-16/h8-10,12-13,17-18H,3-7,11,14-15H2,1-2H3. The van der Waals surface area contributed by atoms with Gasteiger partial charge in [-0.2, -0.15) is 0 Å². The second-order valence-corrected chi connectivity index (χ2v) is 5.12. The summed E-state index contributed by atoms with van der Waals surface area (Å²) >= 11 is 0. The Hall–Kier alpha value is -0.820. The number of unbranched alkanes of at least 4 members (excludes halogenated alkanes) is 4. The molecule has 0 saturated carbocycles. The summed E-state index contributed by atoms with van der Waals surface area (Å²) in [5.74, 6) is 0. The van der Waals surface area contributed by atoms with E-state index < -0.39 is 0 Å². The molecular weight excluding hydrogens is 218 g/mol. The molecule has 1 atom stereocenters. The van der Waals surface area contributed by atoms with E-state index in [2.05, 4.69) is 49.5 Å². The number of hydrogen-bond acceptors (Lipinski definition) is 1. The van der Waals surface area contributed by atoms with Gasteiger partial charge in [-0.15, -0.1) is 0 Å². The summed E-state index contributed by atoms with van der Waals surface area (Å²) < 4.78 is 0. The molecule has 0 aliphatic heterocycles. The van der Waals surface area contributed by atoms with E-state index in [1.165, 1.54) is 50.5 Å². The zero-order valence-corrected chi connectivity index (χ0v) is 12.1. The highest BCUT2D eigenvalue weighted by atomic mass is 14.9. The van der Waals surface area contributed by atoms with Crippen molar-refractivity contribution in [3.05, 3.63) is 35.9 Å². The summed E-state index contributed by atoms with van der Waals surface area (Å²) in [5, 5.41) is 3.71. The predicted molar refractivity (Wildman–Crippen MR) is 80.9 cm³/mol. The Balaban J connectivity index is 2.42. The Labute approximate surface area is 113 Å². The lowest BCUT2D eigenvalue weighted by atomic mass is 10.00. The molecule has 1 unspecified atom stereocenters. The van der Waals surface area contributed by atoms with Gasteiger partial charge in [-0.25, -0.2) is 0 Å². The molecule has 0 aliphatic carbocycles. The summed E-state index contributed by atoms with van der Waals surface area (Å²) in [4.78, 5) is 0. The smallest absolute Gasteiger partial charge is 0.0320 e. The van der Waals surface area contributed by atoms with E-state index >= 15 is 0 Å². The first-order valence-electron chi connectivity index (χ1n) is 7.66. The minimum absolute atomic E-state index is 0.551. The van der Waals surface area contributed by atoms with Crippen molar-refractivity contribution in [2.24, 2.45) is 0 Å². The van der Waals surface area contributed by atoms with Crippen LogP contribution in [0.3, 0.4) is 0 Å². The van der Waals surface area contributed by atoms with Gasteiger partial charge in [0.05, 0.1) is 0 Å². The molecule has 0 bridgehead atoms. The molecule has 0 aromatic heterocycles. The zero-order valence-electron chi connectivity index (χ0n) is 12.1. The molecule has 102 valence electrons. The van der Waals surface area contributed by atoms with Gasteiger partial charge in [0.2, 0.25) is 0 Å². The van der Waals surface area contributed by atoms with Crippen molar-refractivity contribution in [3.63, 3.8) is 0 Å². The quantitative estimate of drug-likeness (QED) is 0.568. The van der Waals surface area contributed by atoms with Gasteiger partial charge in [0, 0.05) is 6.04 Å². The van der Waals surface area contributed by atoms with Gasteiger partial charge in [0.1, 0.15) is 0 Å². The van der Waals surface area contributed by atoms with Gasteiger partial charge >= 0.3 is 0 Å². The van der Waals surface area contributed by atoms with E-state index in [-0.39, 0.29) is 0 Å². The fraction of sp³-hybridized carbons (Fsp3) is 0.647. The minimum Gasteiger partial charge on any atom is -0.310 e. The molecule has 0 radical (unpaired) electrons. The van der Waals surface area contributed by atoms with E-state index in [1.54, 1.807) is 0 Å². The van der Waals surface area contributed by atoms with Crippen LogP contribution in [0.15, 0.2) is 30.3 Å². The molecule has 1 heteroatoms. The Morgan fingerprint density at radius 1 is 0.889 bits per heavy atom. The van der Waals surface area contributed by atoms with Gasteiger partial charge < -0.3 is 5.32 Å². The first-order chi connectivity index (χ1) is 8.88. The van der Waals surface area contributed by atoms with E-state index in [9.17, 15) is 0 Å². The van der Waals surface area contributed by atoms with Crippen molar-refractivity contribution < 1.29 is 0 Å². The van der Waals surface area contributed by atoms with Crippen molar-refractivity contribution in [2.75, 3.05) is 6.54 Å². The van der Waals surface area contributed by atoms with Gasteiger partial charge in [-0.05, 0) is 24.9 Å². The lowest BCUT2D eigenvalue weighted by molar-refractivity contribution is 0.464. The molecule has 1 aromatic carbocycles. The van der Waals surface area contributed by atoms with Crippen molar-refractivity contribution in [2.45, 2.75) is 64.8 Å². The Morgan fingerprint density at radius 3 is 2.28 bits per heavy atom.